The molecular weight excluding hydrogens is 276 g/mol. The van der Waals surface area contributed by atoms with Gasteiger partial charge in [-0.25, -0.2) is 0 Å². The van der Waals surface area contributed by atoms with E-state index in [0.29, 0.717) is 0 Å². The third kappa shape index (κ3) is 3.67. The van der Waals surface area contributed by atoms with E-state index in [9.17, 15) is 0 Å². The summed E-state index contributed by atoms with van der Waals surface area (Å²) < 4.78 is 0. The van der Waals surface area contributed by atoms with Gasteiger partial charge < -0.3 is 0 Å². The second kappa shape index (κ2) is 7.42. The van der Waals surface area contributed by atoms with Gasteiger partial charge in [-0.3, -0.25) is 0 Å². The molecule has 0 radical (unpaired) electrons. The van der Waals surface area contributed by atoms with E-state index in [2.05, 4.69) is 91.5 Å². The van der Waals surface area contributed by atoms with Crippen molar-refractivity contribution in [3.05, 3.63) is 120 Å². The van der Waals surface area contributed by atoms with Crippen LogP contribution in [0.3, 0.4) is 0 Å². The van der Waals surface area contributed by atoms with Crippen LogP contribution in [-0.2, 0) is 6.42 Å². The molecule has 0 spiro atoms. The SMILES string of the molecule is C=C/C(=C(\Cc1ccccc1)c1ccccc1)c1ccccc1. The zero-order valence-electron chi connectivity index (χ0n) is 13.2. The Hall–Kier alpha value is -2.86. The molecule has 0 fully saturated rings. The molecule has 0 saturated carbocycles. The van der Waals surface area contributed by atoms with Crippen molar-refractivity contribution in [2.45, 2.75) is 6.42 Å². The van der Waals surface area contributed by atoms with Crippen molar-refractivity contribution in [3.63, 3.8) is 0 Å². The lowest BCUT2D eigenvalue weighted by molar-refractivity contribution is 1.28. The summed E-state index contributed by atoms with van der Waals surface area (Å²) in [5, 5.41) is 0. The molecule has 0 saturated heterocycles. The molecule has 0 aliphatic heterocycles. The molecule has 0 heteroatoms. The van der Waals surface area contributed by atoms with Crippen LogP contribution in [0.25, 0.3) is 11.1 Å². The zero-order chi connectivity index (χ0) is 15.9. The lowest BCUT2D eigenvalue weighted by Crippen LogP contribution is -1.95. The van der Waals surface area contributed by atoms with Crippen LogP contribution in [0.1, 0.15) is 16.7 Å². The minimum atomic E-state index is 0.890. The third-order valence-electron chi connectivity index (χ3n) is 3.96. The maximum atomic E-state index is 4.07. The van der Waals surface area contributed by atoms with Gasteiger partial charge in [0.15, 0.2) is 0 Å². The molecule has 112 valence electrons. The Morgan fingerprint density at radius 3 is 1.65 bits per heavy atom. The molecule has 3 rings (SSSR count). The first-order chi connectivity index (χ1) is 11.4. The summed E-state index contributed by atoms with van der Waals surface area (Å²) in [6, 6.07) is 31.6. The van der Waals surface area contributed by atoms with Gasteiger partial charge in [0.25, 0.3) is 0 Å². The summed E-state index contributed by atoms with van der Waals surface area (Å²) in [6.07, 6.45) is 2.86. The number of hydrogen-bond acceptors (Lipinski definition) is 0. The van der Waals surface area contributed by atoms with Crippen LogP contribution in [0.4, 0.5) is 0 Å². The largest absolute Gasteiger partial charge is 0.0984 e. The fraction of sp³-hybridized carbons (Fsp3) is 0.0435. The standard InChI is InChI=1S/C23H20/c1-2-22(20-14-8-4-9-15-20)23(21-16-10-5-11-17-21)18-19-12-6-3-7-13-19/h2-17H,1,18H2/b23-22-. The number of benzene rings is 3. The lowest BCUT2D eigenvalue weighted by atomic mass is 9.90. The molecule has 0 bridgehead atoms. The number of hydrogen-bond donors (Lipinski definition) is 0. The van der Waals surface area contributed by atoms with Crippen LogP contribution in [0.2, 0.25) is 0 Å². The summed E-state index contributed by atoms with van der Waals surface area (Å²) in [6.45, 7) is 4.07. The van der Waals surface area contributed by atoms with Crippen LogP contribution in [0.5, 0.6) is 0 Å². The van der Waals surface area contributed by atoms with E-state index < -0.39 is 0 Å². The molecule has 0 aliphatic carbocycles. The molecule has 0 aromatic heterocycles. The number of rotatable bonds is 5. The van der Waals surface area contributed by atoms with Crippen molar-refractivity contribution in [1.82, 2.24) is 0 Å². The highest BCUT2D eigenvalue weighted by Gasteiger charge is 2.10. The average molecular weight is 296 g/mol. The predicted molar refractivity (Wildman–Crippen MR) is 100 cm³/mol. The molecule has 3 aromatic rings. The van der Waals surface area contributed by atoms with Gasteiger partial charge in [0.2, 0.25) is 0 Å². The van der Waals surface area contributed by atoms with Crippen molar-refractivity contribution in [3.8, 4) is 0 Å². The quantitative estimate of drug-likeness (QED) is 0.398. The summed E-state index contributed by atoms with van der Waals surface area (Å²) in [7, 11) is 0. The summed E-state index contributed by atoms with van der Waals surface area (Å²) in [5.41, 5.74) is 6.26. The third-order valence-corrected chi connectivity index (χ3v) is 3.96. The smallest absolute Gasteiger partial charge is 0.00137 e. The highest BCUT2D eigenvalue weighted by molar-refractivity contribution is 5.96. The van der Waals surface area contributed by atoms with E-state index in [-0.39, 0.29) is 0 Å². The molecule has 0 atom stereocenters. The normalized spacial score (nSPS) is 11.7. The van der Waals surface area contributed by atoms with Crippen LogP contribution in [-0.4, -0.2) is 0 Å². The van der Waals surface area contributed by atoms with E-state index in [0.717, 1.165) is 6.42 Å². The van der Waals surface area contributed by atoms with Crippen LogP contribution < -0.4 is 0 Å². The topological polar surface area (TPSA) is 0 Å². The van der Waals surface area contributed by atoms with Gasteiger partial charge in [0.1, 0.15) is 0 Å². The Bertz CT molecular complexity index is 781. The molecule has 3 aromatic carbocycles. The van der Waals surface area contributed by atoms with Crippen molar-refractivity contribution in [1.29, 1.82) is 0 Å². The van der Waals surface area contributed by atoms with Crippen molar-refractivity contribution in [2.75, 3.05) is 0 Å². The van der Waals surface area contributed by atoms with E-state index in [1.54, 1.807) is 0 Å². The van der Waals surface area contributed by atoms with E-state index >= 15 is 0 Å². The maximum Gasteiger partial charge on any atom is -0.00137 e. The van der Waals surface area contributed by atoms with Crippen molar-refractivity contribution in [2.24, 2.45) is 0 Å². The van der Waals surface area contributed by atoms with E-state index in [1.807, 2.05) is 12.1 Å². The molecule has 23 heavy (non-hydrogen) atoms. The van der Waals surface area contributed by atoms with E-state index in [1.165, 1.54) is 27.8 Å². The molecule has 0 N–H and O–H groups in total. The van der Waals surface area contributed by atoms with Crippen LogP contribution >= 0.6 is 0 Å². The number of allylic oxidation sites excluding steroid dienone is 3. The van der Waals surface area contributed by atoms with Gasteiger partial charge in [0, 0.05) is 0 Å². The Morgan fingerprint density at radius 2 is 1.13 bits per heavy atom. The van der Waals surface area contributed by atoms with Gasteiger partial charge in [-0.05, 0) is 34.3 Å². The average Bonchev–Trinajstić information content (AvgIpc) is 2.64. The lowest BCUT2D eigenvalue weighted by Gasteiger charge is -2.14. The van der Waals surface area contributed by atoms with Crippen LogP contribution in [0, 0.1) is 0 Å². The predicted octanol–water partition coefficient (Wildman–Crippen LogP) is 6.03. The highest BCUT2D eigenvalue weighted by Crippen LogP contribution is 2.30. The summed E-state index contributed by atoms with van der Waals surface area (Å²) >= 11 is 0. The maximum absolute atomic E-state index is 4.07. The Kier molecular flexibility index (Phi) is 4.85. The first kappa shape index (κ1) is 15.1. The van der Waals surface area contributed by atoms with Gasteiger partial charge in [-0.2, -0.15) is 0 Å². The minimum absolute atomic E-state index is 0.890. The zero-order valence-corrected chi connectivity index (χ0v) is 13.2. The van der Waals surface area contributed by atoms with Gasteiger partial charge in [-0.15, -0.1) is 0 Å². The summed E-state index contributed by atoms with van der Waals surface area (Å²) in [4.78, 5) is 0. The Labute approximate surface area is 138 Å². The second-order valence-corrected chi connectivity index (χ2v) is 5.49. The molecule has 0 heterocycles. The van der Waals surface area contributed by atoms with E-state index in [4.69, 9.17) is 0 Å². The van der Waals surface area contributed by atoms with Gasteiger partial charge >= 0.3 is 0 Å². The van der Waals surface area contributed by atoms with Gasteiger partial charge in [-0.1, -0.05) is 104 Å². The minimum Gasteiger partial charge on any atom is -0.0984 e. The van der Waals surface area contributed by atoms with Gasteiger partial charge in [0.05, 0.1) is 0 Å². The first-order valence-corrected chi connectivity index (χ1v) is 7.89. The molecule has 0 amide bonds. The molecular formula is C23H20. The van der Waals surface area contributed by atoms with Crippen molar-refractivity contribution >= 4 is 11.1 Å². The van der Waals surface area contributed by atoms with Crippen molar-refractivity contribution < 1.29 is 0 Å². The summed E-state index contributed by atoms with van der Waals surface area (Å²) in [5.74, 6) is 0. The second-order valence-electron chi connectivity index (χ2n) is 5.49. The molecule has 0 nitrogen and oxygen atoms in total. The molecule has 0 aliphatic rings. The Morgan fingerprint density at radius 1 is 0.652 bits per heavy atom. The highest BCUT2D eigenvalue weighted by atomic mass is 14.1. The fourth-order valence-corrected chi connectivity index (χ4v) is 2.83. The first-order valence-electron chi connectivity index (χ1n) is 7.89. The monoisotopic (exact) mass is 296 g/mol. The van der Waals surface area contributed by atoms with Crippen LogP contribution in [0.15, 0.2) is 104 Å². The molecule has 0 unspecified atom stereocenters. The Balaban J connectivity index is 2.14. The fourth-order valence-electron chi connectivity index (χ4n) is 2.83.